The molecule has 1 aromatic carbocycles. The summed E-state index contributed by atoms with van der Waals surface area (Å²) < 4.78 is 0. The third-order valence-electron chi connectivity index (χ3n) is 5.71. The number of halogens is 1. The normalized spacial score (nSPS) is 19.3. The Kier molecular flexibility index (Phi) is 8.58. The quantitative estimate of drug-likeness (QED) is 0.836. The molecule has 1 saturated heterocycles. The van der Waals surface area contributed by atoms with Crippen molar-refractivity contribution in [2.75, 3.05) is 26.2 Å². The summed E-state index contributed by atoms with van der Waals surface area (Å²) in [5, 5.41) is 0. The largest absolute Gasteiger partial charge is 0.341 e. The van der Waals surface area contributed by atoms with Crippen molar-refractivity contribution < 1.29 is 9.59 Å². The zero-order valence-corrected chi connectivity index (χ0v) is 16.8. The van der Waals surface area contributed by atoms with Crippen molar-refractivity contribution in [2.45, 2.75) is 51.0 Å². The van der Waals surface area contributed by atoms with Crippen LogP contribution in [0.5, 0.6) is 0 Å². The first-order valence-electron chi connectivity index (χ1n) is 9.99. The van der Waals surface area contributed by atoms with E-state index in [9.17, 15) is 9.59 Å². The minimum absolute atomic E-state index is 0. The number of hydrogen-bond acceptors (Lipinski definition) is 3. The second-order valence-corrected chi connectivity index (χ2v) is 7.71. The lowest BCUT2D eigenvalue weighted by atomic mass is 10.0. The van der Waals surface area contributed by atoms with Crippen LogP contribution in [0.4, 0.5) is 0 Å². The Bertz CT molecular complexity index is 605. The van der Waals surface area contributed by atoms with Crippen LogP contribution in [0.2, 0.25) is 0 Å². The summed E-state index contributed by atoms with van der Waals surface area (Å²) in [6, 6.07) is 9.37. The summed E-state index contributed by atoms with van der Waals surface area (Å²) in [7, 11) is 0. The minimum atomic E-state index is -0.516. The number of nitrogens with zero attached hydrogens (tertiary/aromatic N) is 2. The van der Waals surface area contributed by atoms with E-state index >= 15 is 0 Å². The zero-order valence-electron chi connectivity index (χ0n) is 16.0. The molecule has 6 heteroatoms. The fourth-order valence-corrected chi connectivity index (χ4v) is 4.17. The first-order chi connectivity index (χ1) is 12.6. The molecule has 3 rings (SSSR count). The smallest absolute Gasteiger partial charge is 0.239 e. The SMILES string of the molecule is Cl.N[C@@H](Cc1ccccc1)C(=O)N1CCCN(C(=O)CC2CCCC2)CC1. The summed E-state index contributed by atoms with van der Waals surface area (Å²) >= 11 is 0. The molecule has 0 radical (unpaired) electrons. The van der Waals surface area contributed by atoms with Gasteiger partial charge < -0.3 is 15.5 Å². The number of amides is 2. The Morgan fingerprint density at radius 3 is 2.30 bits per heavy atom. The van der Waals surface area contributed by atoms with Gasteiger partial charge in [0.15, 0.2) is 0 Å². The summed E-state index contributed by atoms with van der Waals surface area (Å²) in [6.45, 7) is 2.67. The molecule has 1 aromatic rings. The van der Waals surface area contributed by atoms with Gasteiger partial charge >= 0.3 is 0 Å². The highest BCUT2D eigenvalue weighted by molar-refractivity contribution is 5.85. The number of carbonyl (C=O) groups excluding carboxylic acids is 2. The van der Waals surface area contributed by atoms with E-state index in [-0.39, 0.29) is 24.2 Å². The molecule has 2 N–H and O–H groups in total. The van der Waals surface area contributed by atoms with Crippen molar-refractivity contribution in [3.05, 3.63) is 35.9 Å². The van der Waals surface area contributed by atoms with E-state index in [0.717, 1.165) is 18.5 Å². The molecule has 27 heavy (non-hydrogen) atoms. The van der Waals surface area contributed by atoms with Gasteiger partial charge in [-0.25, -0.2) is 0 Å². The maximum Gasteiger partial charge on any atom is 0.239 e. The van der Waals surface area contributed by atoms with Crippen LogP contribution in [0.3, 0.4) is 0 Å². The van der Waals surface area contributed by atoms with Gasteiger partial charge in [0.25, 0.3) is 0 Å². The van der Waals surface area contributed by atoms with Crippen LogP contribution in [0.1, 0.15) is 44.1 Å². The third-order valence-corrected chi connectivity index (χ3v) is 5.71. The van der Waals surface area contributed by atoms with Crippen molar-refractivity contribution in [3.63, 3.8) is 0 Å². The predicted molar refractivity (Wildman–Crippen MR) is 110 cm³/mol. The van der Waals surface area contributed by atoms with Crippen LogP contribution >= 0.6 is 12.4 Å². The van der Waals surface area contributed by atoms with E-state index in [1.165, 1.54) is 25.7 Å². The van der Waals surface area contributed by atoms with Crippen LogP contribution in [-0.2, 0) is 16.0 Å². The third kappa shape index (κ3) is 6.22. The lowest BCUT2D eigenvalue weighted by molar-refractivity contribution is -0.134. The van der Waals surface area contributed by atoms with Gasteiger partial charge in [-0.1, -0.05) is 43.2 Å². The van der Waals surface area contributed by atoms with Crippen molar-refractivity contribution in [2.24, 2.45) is 11.7 Å². The lowest BCUT2D eigenvalue weighted by Crippen LogP contribution is -2.46. The number of hydrogen-bond donors (Lipinski definition) is 1. The molecule has 5 nitrogen and oxygen atoms in total. The van der Waals surface area contributed by atoms with Crippen molar-refractivity contribution >= 4 is 24.2 Å². The predicted octanol–water partition coefficient (Wildman–Crippen LogP) is 2.62. The maximum atomic E-state index is 12.7. The Morgan fingerprint density at radius 2 is 1.59 bits per heavy atom. The number of carbonyl (C=O) groups is 2. The highest BCUT2D eigenvalue weighted by atomic mass is 35.5. The standard InChI is InChI=1S/C21H31N3O2.ClH/c22-19(15-17-7-2-1-3-8-17)21(26)24-12-6-11-23(13-14-24)20(25)16-18-9-4-5-10-18;/h1-3,7-8,18-19H,4-6,9-16,22H2;1H/t19-;/m0./s1. The van der Waals surface area contributed by atoms with Crippen molar-refractivity contribution in [1.82, 2.24) is 9.80 Å². The second-order valence-electron chi connectivity index (χ2n) is 7.71. The van der Waals surface area contributed by atoms with E-state index < -0.39 is 6.04 Å². The molecule has 2 aliphatic rings. The Morgan fingerprint density at radius 1 is 0.963 bits per heavy atom. The summed E-state index contributed by atoms with van der Waals surface area (Å²) in [5.74, 6) is 0.835. The van der Waals surface area contributed by atoms with Crippen LogP contribution in [0.15, 0.2) is 30.3 Å². The van der Waals surface area contributed by atoms with Gasteiger partial charge in [0.2, 0.25) is 11.8 Å². The molecule has 1 saturated carbocycles. The Labute approximate surface area is 168 Å². The number of nitrogens with two attached hydrogens (primary N) is 1. The lowest BCUT2D eigenvalue weighted by Gasteiger charge is -2.25. The topological polar surface area (TPSA) is 66.6 Å². The molecule has 1 aliphatic carbocycles. The summed E-state index contributed by atoms with van der Waals surface area (Å²) in [5.41, 5.74) is 7.24. The van der Waals surface area contributed by atoms with E-state index in [1.807, 2.05) is 40.1 Å². The molecule has 150 valence electrons. The minimum Gasteiger partial charge on any atom is -0.341 e. The van der Waals surface area contributed by atoms with Gasteiger partial charge in [-0.2, -0.15) is 0 Å². The molecule has 1 aliphatic heterocycles. The Hall–Kier alpha value is -1.59. The van der Waals surface area contributed by atoms with Gasteiger partial charge in [0.05, 0.1) is 6.04 Å². The molecular formula is C21H32ClN3O2. The highest BCUT2D eigenvalue weighted by Crippen LogP contribution is 2.28. The van der Waals surface area contributed by atoms with Gasteiger partial charge in [-0.15, -0.1) is 12.4 Å². The van der Waals surface area contributed by atoms with Crippen molar-refractivity contribution in [1.29, 1.82) is 0 Å². The molecule has 2 amide bonds. The highest BCUT2D eigenvalue weighted by Gasteiger charge is 2.27. The monoisotopic (exact) mass is 393 g/mol. The molecule has 0 bridgehead atoms. The van der Waals surface area contributed by atoms with Crippen LogP contribution < -0.4 is 5.73 Å². The van der Waals surface area contributed by atoms with E-state index in [2.05, 4.69) is 0 Å². The second kappa shape index (κ2) is 10.7. The van der Waals surface area contributed by atoms with Crippen LogP contribution in [-0.4, -0.2) is 53.8 Å². The van der Waals surface area contributed by atoms with Crippen LogP contribution in [0.25, 0.3) is 0 Å². The molecule has 0 spiro atoms. The van der Waals surface area contributed by atoms with Crippen LogP contribution in [0, 0.1) is 5.92 Å². The van der Waals surface area contributed by atoms with Gasteiger partial charge in [-0.3, -0.25) is 9.59 Å². The number of benzene rings is 1. The zero-order chi connectivity index (χ0) is 18.4. The van der Waals surface area contributed by atoms with E-state index in [4.69, 9.17) is 5.73 Å². The molecule has 0 unspecified atom stereocenters. The summed E-state index contributed by atoms with van der Waals surface area (Å²) in [6.07, 6.45) is 6.98. The maximum absolute atomic E-state index is 12.7. The van der Waals surface area contributed by atoms with Gasteiger partial charge in [0, 0.05) is 32.6 Å². The van der Waals surface area contributed by atoms with Gasteiger partial charge in [0.1, 0.15) is 0 Å². The molecule has 2 fully saturated rings. The van der Waals surface area contributed by atoms with E-state index in [0.29, 0.717) is 38.4 Å². The average Bonchev–Trinajstić information content (AvgIpc) is 3.03. The van der Waals surface area contributed by atoms with Gasteiger partial charge in [-0.05, 0) is 37.2 Å². The fourth-order valence-electron chi connectivity index (χ4n) is 4.17. The first kappa shape index (κ1) is 21.7. The molecule has 1 heterocycles. The molecule has 1 atom stereocenters. The Balaban J connectivity index is 0.00000261. The fraction of sp³-hybridized carbons (Fsp3) is 0.619. The molecular weight excluding hydrogens is 362 g/mol. The van der Waals surface area contributed by atoms with E-state index in [1.54, 1.807) is 0 Å². The average molecular weight is 394 g/mol. The first-order valence-corrected chi connectivity index (χ1v) is 9.99. The summed E-state index contributed by atoms with van der Waals surface area (Å²) in [4.78, 5) is 29.1. The van der Waals surface area contributed by atoms with Crippen molar-refractivity contribution in [3.8, 4) is 0 Å². The molecule has 0 aromatic heterocycles. The number of rotatable bonds is 5.